The molecule has 0 spiro atoms. The third-order valence-corrected chi connectivity index (χ3v) is 5.57. The number of hydrogen-bond acceptors (Lipinski definition) is 4. The second kappa shape index (κ2) is 7.74. The molecule has 2 amide bonds. The van der Waals surface area contributed by atoms with E-state index < -0.39 is 0 Å². The predicted molar refractivity (Wildman–Crippen MR) is 103 cm³/mol. The molecule has 6 nitrogen and oxygen atoms in total. The highest BCUT2D eigenvalue weighted by molar-refractivity contribution is 5.74. The molecule has 3 aliphatic heterocycles. The van der Waals surface area contributed by atoms with Gasteiger partial charge in [0, 0.05) is 31.9 Å². The molecule has 4 rings (SSSR count). The standard InChI is InChI=1S/C20H31N3O3/c1-4-26-17-7-5-16(6-8-17)23-13-15-11-20(2,3)18(23)14-22(12-15)19(25)21-9-10-24/h5-8,15,18,24H,4,9-14H2,1-3H3,(H,21,25). The first-order valence-corrected chi connectivity index (χ1v) is 9.57. The maximum absolute atomic E-state index is 12.5. The fourth-order valence-corrected chi connectivity index (χ4v) is 4.46. The van der Waals surface area contributed by atoms with Gasteiger partial charge in [-0.3, -0.25) is 0 Å². The van der Waals surface area contributed by atoms with Crippen LogP contribution in [0.15, 0.2) is 24.3 Å². The van der Waals surface area contributed by atoms with Crippen molar-refractivity contribution in [3.05, 3.63) is 24.3 Å². The summed E-state index contributed by atoms with van der Waals surface area (Å²) in [7, 11) is 0. The molecule has 0 radical (unpaired) electrons. The number of rotatable bonds is 5. The van der Waals surface area contributed by atoms with Crippen molar-refractivity contribution < 1.29 is 14.6 Å². The average molecular weight is 361 g/mol. The van der Waals surface area contributed by atoms with Crippen LogP contribution in [0.1, 0.15) is 27.2 Å². The number of nitrogens with zero attached hydrogens (tertiary/aromatic N) is 2. The molecule has 6 heteroatoms. The minimum Gasteiger partial charge on any atom is -0.494 e. The summed E-state index contributed by atoms with van der Waals surface area (Å²) in [6.07, 6.45) is 1.12. The molecule has 1 aromatic carbocycles. The van der Waals surface area contributed by atoms with E-state index in [1.165, 1.54) is 5.69 Å². The van der Waals surface area contributed by atoms with Gasteiger partial charge in [-0.2, -0.15) is 0 Å². The van der Waals surface area contributed by atoms with Crippen LogP contribution in [0.5, 0.6) is 5.75 Å². The van der Waals surface area contributed by atoms with Crippen LogP contribution in [-0.4, -0.2) is 61.5 Å². The van der Waals surface area contributed by atoms with Crippen LogP contribution in [0.2, 0.25) is 0 Å². The van der Waals surface area contributed by atoms with Crippen molar-refractivity contribution in [1.29, 1.82) is 0 Å². The summed E-state index contributed by atoms with van der Waals surface area (Å²) in [6.45, 7) is 9.97. The molecule has 0 saturated carbocycles. The lowest BCUT2D eigenvalue weighted by atomic mass is 9.73. The second-order valence-electron chi connectivity index (χ2n) is 8.01. The van der Waals surface area contributed by atoms with Crippen molar-refractivity contribution in [1.82, 2.24) is 10.2 Å². The molecule has 1 aromatic rings. The van der Waals surface area contributed by atoms with Gasteiger partial charge in [0.05, 0.1) is 19.3 Å². The Morgan fingerprint density at radius 2 is 2.00 bits per heavy atom. The van der Waals surface area contributed by atoms with Crippen molar-refractivity contribution >= 4 is 11.7 Å². The lowest BCUT2D eigenvalue weighted by molar-refractivity contribution is 0.185. The van der Waals surface area contributed by atoms with Crippen molar-refractivity contribution in [2.45, 2.75) is 33.2 Å². The summed E-state index contributed by atoms with van der Waals surface area (Å²) in [6, 6.07) is 8.49. The number of urea groups is 1. The number of aliphatic hydroxyl groups is 1. The highest BCUT2D eigenvalue weighted by atomic mass is 16.5. The molecule has 2 N–H and O–H groups in total. The molecule has 3 saturated heterocycles. The van der Waals surface area contributed by atoms with Crippen LogP contribution in [0.25, 0.3) is 0 Å². The van der Waals surface area contributed by atoms with E-state index >= 15 is 0 Å². The number of carbonyl (C=O) groups excluding carboxylic acids is 1. The maximum atomic E-state index is 12.5. The van der Waals surface area contributed by atoms with Gasteiger partial charge < -0.3 is 25.0 Å². The smallest absolute Gasteiger partial charge is 0.317 e. The van der Waals surface area contributed by atoms with Gasteiger partial charge >= 0.3 is 6.03 Å². The first kappa shape index (κ1) is 18.8. The van der Waals surface area contributed by atoms with E-state index in [2.05, 4.69) is 36.2 Å². The Morgan fingerprint density at radius 1 is 1.27 bits per heavy atom. The summed E-state index contributed by atoms with van der Waals surface area (Å²) in [4.78, 5) is 16.9. The zero-order chi connectivity index (χ0) is 18.7. The van der Waals surface area contributed by atoms with Crippen molar-refractivity contribution in [3.63, 3.8) is 0 Å². The first-order valence-electron chi connectivity index (χ1n) is 9.57. The number of carbonyl (C=O) groups is 1. The highest BCUT2D eigenvalue weighted by Crippen LogP contribution is 2.43. The van der Waals surface area contributed by atoms with E-state index in [0.717, 1.165) is 25.3 Å². The minimum atomic E-state index is -0.0692. The Bertz CT molecular complexity index is 617. The summed E-state index contributed by atoms with van der Waals surface area (Å²) in [5, 5.41) is 11.8. The summed E-state index contributed by atoms with van der Waals surface area (Å²) < 4.78 is 5.56. The largest absolute Gasteiger partial charge is 0.494 e. The Hall–Kier alpha value is -1.95. The molecular formula is C20H31N3O3. The van der Waals surface area contributed by atoms with Crippen LogP contribution in [0, 0.1) is 11.3 Å². The van der Waals surface area contributed by atoms with E-state index in [9.17, 15) is 4.79 Å². The van der Waals surface area contributed by atoms with Crippen LogP contribution >= 0.6 is 0 Å². The topological polar surface area (TPSA) is 65.0 Å². The van der Waals surface area contributed by atoms with Gasteiger partial charge in [0.15, 0.2) is 0 Å². The van der Waals surface area contributed by atoms with Crippen LogP contribution in [0.3, 0.4) is 0 Å². The molecule has 2 atom stereocenters. The average Bonchev–Trinajstić information content (AvgIpc) is 2.87. The molecule has 2 bridgehead atoms. The van der Waals surface area contributed by atoms with Gasteiger partial charge in [-0.1, -0.05) is 13.8 Å². The Morgan fingerprint density at radius 3 is 2.65 bits per heavy atom. The molecule has 2 unspecified atom stereocenters. The summed E-state index contributed by atoms with van der Waals surface area (Å²) in [5.41, 5.74) is 1.32. The van der Waals surface area contributed by atoms with E-state index in [4.69, 9.17) is 9.84 Å². The third kappa shape index (κ3) is 3.90. The number of fused-ring (bicyclic) bond motifs is 4. The molecule has 3 aliphatic rings. The number of hydrogen-bond donors (Lipinski definition) is 2. The predicted octanol–water partition coefficient (Wildman–Crippen LogP) is 2.32. The van der Waals surface area contributed by atoms with E-state index in [1.807, 2.05) is 24.0 Å². The van der Waals surface area contributed by atoms with Crippen LogP contribution < -0.4 is 15.0 Å². The summed E-state index contributed by atoms with van der Waals surface area (Å²) in [5.74, 6) is 1.33. The molecular weight excluding hydrogens is 330 g/mol. The highest BCUT2D eigenvalue weighted by Gasteiger charge is 2.46. The van der Waals surface area contributed by atoms with Crippen molar-refractivity contribution in [3.8, 4) is 5.75 Å². The molecule has 26 heavy (non-hydrogen) atoms. The minimum absolute atomic E-state index is 0.0315. The first-order chi connectivity index (χ1) is 12.4. The number of anilines is 1. The van der Waals surface area contributed by atoms with Gasteiger partial charge in [0.1, 0.15) is 5.75 Å². The zero-order valence-corrected chi connectivity index (χ0v) is 16.1. The monoisotopic (exact) mass is 361 g/mol. The molecule has 144 valence electrons. The van der Waals surface area contributed by atoms with Gasteiger partial charge in [-0.25, -0.2) is 4.79 Å². The Kier molecular flexibility index (Phi) is 5.61. The van der Waals surface area contributed by atoms with Crippen LogP contribution in [-0.2, 0) is 0 Å². The molecule has 3 fully saturated rings. The van der Waals surface area contributed by atoms with Gasteiger partial charge in [0.2, 0.25) is 0 Å². The SMILES string of the molecule is CCOc1ccc(N2CC3CN(C(=O)NCCO)CC2C(C)(C)C3)cc1. The summed E-state index contributed by atoms with van der Waals surface area (Å²) >= 11 is 0. The fourth-order valence-electron chi connectivity index (χ4n) is 4.46. The van der Waals surface area contributed by atoms with E-state index in [1.54, 1.807) is 0 Å². The van der Waals surface area contributed by atoms with Gasteiger partial charge in [-0.15, -0.1) is 0 Å². The van der Waals surface area contributed by atoms with Crippen molar-refractivity contribution in [2.24, 2.45) is 11.3 Å². The normalized spacial score (nSPS) is 24.3. The third-order valence-electron chi connectivity index (χ3n) is 5.57. The number of aliphatic hydroxyl groups excluding tert-OH is 1. The maximum Gasteiger partial charge on any atom is 0.317 e. The number of nitrogens with one attached hydrogen (secondary N) is 1. The van der Waals surface area contributed by atoms with E-state index in [0.29, 0.717) is 25.6 Å². The number of piperidine rings is 1. The molecule has 0 aromatic heterocycles. The van der Waals surface area contributed by atoms with Gasteiger partial charge in [0.25, 0.3) is 0 Å². The lowest BCUT2D eigenvalue weighted by Crippen LogP contribution is -2.54. The molecule has 0 aliphatic carbocycles. The number of amides is 2. The number of ether oxygens (including phenoxy) is 1. The quantitative estimate of drug-likeness (QED) is 0.845. The lowest BCUT2D eigenvalue weighted by Gasteiger charge is -2.48. The Balaban J connectivity index is 1.81. The second-order valence-corrected chi connectivity index (χ2v) is 8.01. The van der Waals surface area contributed by atoms with Crippen molar-refractivity contribution in [2.75, 3.05) is 44.3 Å². The Labute approximate surface area is 156 Å². The van der Waals surface area contributed by atoms with E-state index in [-0.39, 0.29) is 24.1 Å². The van der Waals surface area contributed by atoms with Crippen LogP contribution in [0.4, 0.5) is 10.5 Å². The number of benzene rings is 1. The zero-order valence-electron chi connectivity index (χ0n) is 16.1. The molecule has 3 heterocycles. The van der Waals surface area contributed by atoms with Gasteiger partial charge in [-0.05, 0) is 48.9 Å². The fraction of sp³-hybridized carbons (Fsp3) is 0.650.